The highest BCUT2D eigenvalue weighted by atomic mass is 35.5. The van der Waals surface area contributed by atoms with Gasteiger partial charge in [-0.15, -0.1) is 11.6 Å². The summed E-state index contributed by atoms with van der Waals surface area (Å²) >= 11 is 5.27. The summed E-state index contributed by atoms with van der Waals surface area (Å²) in [5.41, 5.74) is 5.09. The first-order valence-corrected chi connectivity index (χ1v) is 4.65. The molecule has 0 bridgehead atoms. The van der Waals surface area contributed by atoms with E-state index in [0.717, 1.165) is 0 Å². The highest BCUT2D eigenvalue weighted by molar-refractivity contribution is 6.27. The normalized spacial score (nSPS) is 12.6. The van der Waals surface area contributed by atoms with E-state index in [1.54, 1.807) is 0 Å². The van der Waals surface area contributed by atoms with Gasteiger partial charge in [0, 0.05) is 0 Å². The summed E-state index contributed by atoms with van der Waals surface area (Å²) in [6.07, 6.45) is 0.540. The van der Waals surface area contributed by atoms with E-state index in [1.807, 2.05) is 13.8 Å². The molecule has 0 heterocycles. The van der Waals surface area contributed by atoms with E-state index < -0.39 is 11.9 Å². The van der Waals surface area contributed by atoms with Gasteiger partial charge >= 0.3 is 0 Å². The van der Waals surface area contributed by atoms with Gasteiger partial charge in [0.15, 0.2) is 0 Å². The summed E-state index contributed by atoms with van der Waals surface area (Å²) in [5.74, 6) is -0.742. The average Bonchev–Trinajstić information content (AvgIpc) is 2.02. The first-order valence-electron chi connectivity index (χ1n) is 4.12. The Morgan fingerprint density at radius 1 is 1.46 bits per heavy atom. The summed E-state index contributed by atoms with van der Waals surface area (Å²) < 4.78 is 0. The summed E-state index contributed by atoms with van der Waals surface area (Å²) in [4.78, 5) is 21.7. The smallest absolute Gasteiger partial charge is 0.240 e. The second-order valence-corrected chi connectivity index (χ2v) is 3.55. The number of rotatable bonds is 5. The average molecular weight is 207 g/mol. The van der Waals surface area contributed by atoms with Gasteiger partial charge in [-0.2, -0.15) is 0 Å². The van der Waals surface area contributed by atoms with Crippen molar-refractivity contribution in [3.05, 3.63) is 0 Å². The maximum absolute atomic E-state index is 10.9. The molecule has 0 aromatic heterocycles. The molecule has 0 aromatic carbocycles. The number of nitrogens with two attached hydrogens (primary N) is 1. The molecular formula is C8H15ClN2O2. The third kappa shape index (κ3) is 5.47. The van der Waals surface area contributed by atoms with Gasteiger partial charge in [-0.25, -0.2) is 0 Å². The molecule has 0 unspecified atom stereocenters. The predicted octanol–water partition coefficient (Wildman–Crippen LogP) is 0.241. The van der Waals surface area contributed by atoms with Crippen molar-refractivity contribution in [2.45, 2.75) is 26.3 Å². The molecule has 13 heavy (non-hydrogen) atoms. The maximum atomic E-state index is 10.9. The molecule has 4 nitrogen and oxygen atoms in total. The van der Waals surface area contributed by atoms with Crippen LogP contribution in [0.5, 0.6) is 0 Å². The van der Waals surface area contributed by atoms with E-state index in [2.05, 4.69) is 5.32 Å². The fraction of sp³-hybridized carbons (Fsp3) is 0.750. The van der Waals surface area contributed by atoms with Crippen LogP contribution in [-0.2, 0) is 9.59 Å². The number of halogens is 1. The standard InChI is InChI=1S/C8H15ClN2O2/c1-5(2)3-6(8(10)13)11-7(12)4-9/h5-6H,3-4H2,1-2H3,(H2,10,13)(H,11,12)/t6-/m0/s1. The molecule has 0 rings (SSSR count). The third-order valence-corrected chi connectivity index (χ3v) is 1.75. The van der Waals surface area contributed by atoms with Crippen molar-refractivity contribution < 1.29 is 9.59 Å². The number of primary amides is 1. The van der Waals surface area contributed by atoms with Gasteiger partial charge < -0.3 is 11.1 Å². The van der Waals surface area contributed by atoms with Crippen LogP contribution in [0.1, 0.15) is 20.3 Å². The number of amides is 2. The molecule has 0 aliphatic heterocycles. The van der Waals surface area contributed by atoms with E-state index in [-0.39, 0.29) is 11.8 Å². The number of hydrogen-bond acceptors (Lipinski definition) is 2. The molecule has 76 valence electrons. The lowest BCUT2D eigenvalue weighted by molar-refractivity contribution is -0.126. The lowest BCUT2D eigenvalue weighted by atomic mass is 10.0. The second kappa shape index (κ2) is 5.80. The van der Waals surface area contributed by atoms with Gasteiger partial charge in [0.05, 0.1) is 0 Å². The molecule has 0 fully saturated rings. The minimum absolute atomic E-state index is 0.151. The van der Waals surface area contributed by atoms with E-state index in [1.165, 1.54) is 0 Å². The van der Waals surface area contributed by atoms with E-state index in [0.29, 0.717) is 12.3 Å². The van der Waals surface area contributed by atoms with E-state index in [4.69, 9.17) is 17.3 Å². The van der Waals surface area contributed by atoms with Gasteiger partial charge in [-0.05, 0) is 12.3 Å². The molecule has 0 radical (unpaired) electrons. The van der Waals surface area contributed by atoms with Crippen LogP contribution in [-0.4, -0.2) is 23.7 Å². The van der Waals surface area contributed by atoms with Crippen molar-refractivity contribution in [3.63, 3.8) is 0 Å². The second-order valence-electron chi connectivity index (χ2n) is 3.29. The monoisotopic (exact) mass is 206 g/mol. The van der Waals surface area contributed by atoms with Crippen LogP contribution in [0.25, 0.3) is 0 Å². The summed E-state index contributed by atoms with van der Waals surface area (Å²) in [6, 6.07) is -0.605. The fourth-order valence-electron chi connectivity index (χ4n) is 0.951. The molecular weight excluding hydrogens is 192 g/mol. The van der Waals surface area contributed by atoms with Gasteiger partial charge in [0.1, 0.15) is 11.9 Å². The number of alkyl halides is 1. The highest BCUT2D eigenvalue weighted by Gasteiger charge is 2.18. The first-order chi connectivity index (χ1) is 5.97. The molecule has 5 heteroatoms. The number of hydrogen-bond donors (Lipinski definition) is 2. The Morgan fingerprint density at radius 2 is 2.00 bits per heavy atom. The van der Waals surface area contributed by atoms with Gasteiger partial charge in [0.25, 0.3) is 0 Å². The van der Waals surface area contributed by atoms with E-state index in [9.17, 15) is 9.59 Å². The zero-order chi connectivity index (χ0) is 10.4. The van der Waals surface area contributed by atoms with Crippen LogP contribution in [0.4, 0.5) is 0 Å². The molecule has 2 amide bonds. The van der Waals surface area contributed by atoms with Crippen LogP contribution in [0.15, 0.2) is 0 Å². The minimum Gasteiger partial charge on any atom is -0.368 e. The zero-order valence-electron chi connectivity index (χ0n) is 7.84. The number of nitrogens with one attached hydrogen (secondary N) is 1. The third-order valence-electron chi connectivity index (χ3n) is 1.51. The summed E-state index contributed by atoms with van der Waals surface area (Å²) in [7, 11) is 0. The Morgan fingerprint density at radius 3 is 2.31 bits per heavy atom. The van der Waals surface area contributed by atoms with Crippen molar-refractivity contribution in [1.82, 2.24) is 5.32 Å². The molecule has 0 aliphatic rings. The van der Waals surface area contributed by atoms with Gasteiger partial charge in [-0.1, -0.05) is 13.8 Å². The van der Waals surface area contributed by atoms with Gasteiger partial charge in [-0.3, -0.25) is 9.59 Å². The molecule has 0 spiro atoms. The zero-order valence-corrected chi connectivity index (χ0v) is 8.60. The maximum Gasteiger partial charge on any atom is 0.240 e. The van der Waals surface area contributed by atoms with E-state index >= 15 is 0 Å². The Hall–Kier alpha value is -0.770. The molecule has 0 saturated carbocycles. The molecule has 1 atom stereocenters. The van der Waals surface area contributed by atoms with Crippen molar-refractivity contribution >= 4 is 23.4 Å². The van der Waals surface area contributed by atoms with Crippen LogP contribution in [0, 0.1) is 5.92 Å². The Labute approximate surface area is 82.8 Å². The quantitative estimate of drug-likeness (QED) is 0.633. The number of carbonyl (C=O) groups excluding carboxylic acids is 2. The fourth-order valence-corrected chi connectivity index (χ4v) is 1.03. The van der Waals surface area contributed by atoms with Crippen molar-refractivity contribution in [2.75, 3.05) is 5.88 Å². The van der Waals surface area contributed by atoms with Crippen molar-refractivity contribution in [3.8, 4) is 0 Å². The predicted molar refractivity (Wildman–Crippen MR) is 51.3 cm³/mol. The molecule has 0 aliphatic carbocycles. The first kappa shape index (κ1) is 12.2. The molecule has 0 saturated heterocycles. The summed E-state index contributed by atoms with van der Waals surface area (Å²) in [6.45, 7) is 3.89. The molecule has 0 aromatic rings. The Kier molecular flexibility index (Phi) is 5.46. The summed E-state index contributed by atoms with van der Waals surface area (Å²) in [5, 5.41) is 2.45. The molecule has 3 N–H and O–H groups in total. The van der Waals surface area contributed by atoms with Crippen molar-refractivity contribution in [1.29, 1.82) is 0 Å². The highest BCUT2D eigenvalue weighted by Crippen LogP contribution is 2.04. The van der Waals surface area contributed by atoms with Crippen LogP contribution < -0.4 is 11.1 Å². The number of carbonyl (C=O) groups is 2. The largest absolute Gasteiger partial charge is 0.368 e. The lowest BCUT2D eigenvalue weighted by Gasteiger charge is -2.16. The topological polar surface area (TPSA) is 72.2 Å². The van der Waals surface area contributed by atoms with Crippen LogP contribution >= 0.6 is 11.6 Å². The minimum atomic E-state index is -0.605. The Balaban J connectivity index is 4.10. The van der Waals surface area contributed by atoms with Crippen molar-refractivity contribution in [2.24, 2.45) is 11.7 Å². The lowest BCUT2D eigenvalue weighted by Crippen LogP contribution is -2.45. The SMILES string of the molecule is CC(C)C[C@H](NC(=O)CCl)C(N)=O. The van der Waals surface area contributed by atoms with Crippen LogP contribution in [0.2, 0.25) is 0 Å². The van der Waals surface area contributed by atoms with Crippen LogP contribution in [0.3, 0.4) is 0 Å². The Bertz CT molecular complexity index is 195. The van der Waals surface area contributed by atoms with Gasteiger partial charge in [0.2, 0.25) is 11.8 Å².